The molecule has 0 saturated carbocycles. The summed E-state index contributed by atoms with van der Waals surface area (Å²) in [6.07, 6.45) is 3.28. The zero-order chi connectivity index (χ0) is 36.9. The van der Waals surface area contributed by atoms with Gasteiger partial charge in [0.2, 0.25) is 5.91 Å². The lowest BCUT2D eigenvalue weighted by atomic mass is 9.83. The number of benzene rings is 1. The number of epoxide rings is 1. The number of rotatable bonds is 8. The van der Waals surface area contributed by atoms with Crippen LogP contribution in [0.4, 0.5) is 10.5 Å². The molecule has 2 aromatic rings. The second-order valence-corrected chi connectivity index (χ2v) is 15.9. The summed E-state index contributed by atoms with van der Waals surface area (Å²) in [6, 6.07) is 9.25. The minimum Gasteiger partial charge on any atom is -0.495 e. The van der Waals surface area contributed by atoms with Crippen molar-refractivity contribution in [2.75, 3.05) is 31.9 Å². The van der Waals surface area contributed by atoms with Gasteiger partial charge in [0.15, 0.2) is 5.72 Å². The molecule has 15 heteroatoms. The number of ether oxygens (including phenoxy) is 5. The molecule has 4 heterocycles. The van der Waals surface area contributed by atoms with Gasteiger partial charge in [-0.15, -0.1) is 0 Å². The lowest BCUT2D eigenvalue weighted by molar-refractivity contribution is -0.153. The number of alkyl carbamates (subject to hydrolysis) is 1. The fraction of sp³-hybridized carbons (Fsp3) is 0.500. The molecule has 2 saturated heterocycles. The van der Waals surface area contributed by atoms with E-state index in [0.29, 0.717) is 23.6 Å². The number of hydrogen-bond donors (Lipinski definition) is 2. The molecule has 12 nitrogen and oxygen atoms in total. The van der Waals surface area contributed by atoms with Crippen molar-refractivity contribution in [1.82, 2.24) is 10.3 Å². The van der Waals surface area contributed by atoms with Crippen LogP contribution in [0.15, 0.2) is 65.4 Å². The third-order valence-electron chi connectivity index (χ3n) is 9.40. The Bertz CT molecular complexity index is 1660. The predicted octanol–water partition coefficient (Wildman–Crippen LogP) is 5.89. The molecule has 0 spiro atoms. The molecule has 1 aromatic heterocycles. The molecule has 2 N–H and O–H groups in total. The molecule has 0 radical (unpaired) electrons. The highest BCUT2D eigenvalue weighted by molar-refractivity contribution is 8.76. The van der Waals surface area contributed by atoms with E-state index >= 15 is 0 Å². The molecule has 0 aliphatic carbocycles. The van der Waals surface area contributed by atoms with Gasteiger partial charge in [-0.25, -0.2) is 9.78 Å². The SMILES string of the molecule is COc1cc2cc(c1Cl)N(C)C(=O)CC(OC(=O)CCSSc1ccccn1)C1(C)OC1C(C)C1CC(O)(NC(=O)O1)C(OC)/C=C/C=C(\C)C2. The number of aromatic nitrogens is 1. The minimum atomic E-state index is -1.79. The molecular formula is C36H44ClN3O9S2. The van der Waals surface area contributed by atoms with Gasteiger partial charge in [-0.2, -0.15) is 0 Å². The lowest BCUT2D eigenvalue weighted by Crippen LogP contribution is -2.63. The van der Waals surface area contributed by atoms with Crippen LogP contribution >= 0.6 is 33.2 Å². The maximum Gasteiger partial charge on any atom is 0.409 e. The Balaban J connectivity index is 1.46. The Morgan fingerprint density at radius 2 is 2.04 bits per heavy atom. The summed E-state index contributed by atoms with van der Waals surface area (Å²) in [5.74, 6) is -0.471. The van der Waals surface area contributed by atoms with Crippen molar-refractivity contribution in [1.29, 1.82) is 0 Å². The van der Waals surface area contributed by atoms with Crippen LogP contribution in [0.25, 0.3) is 0 Å². The monoisotopic (exact) mass is 761 g/mol. The molecule has 276 valence electrons. The topological polar surface area (TPSA) is 149 Å². The summed E-state index contributed by atoms with van der Waals surface area (Å²) in [5.41, 5.74) is -0.673. The number of esters is 1. The van der Waals surface area contributed by atoms with E-state index in [1.54, 1.807) is 32.3 Å². The largest absolute Gasteiger partial charge is 0.495 e. The lowest BCUT2D eigenvalue weighted by Gasteiger charge is -2.42. The van der Waals surface area contributed by atoms with E-state index in [1.165, 1.54) is 40.7 Å². The van der Waals surface area contributed by atoms with Crippen LogP contribution in [-0.2, 0) is 35.0 Å². The minimum absolute atomic E-state index is 0.0111. The van der Waals surface area contributed by atoms with Gasteiger partial charge in [0.05, 0.1) is 31.7 Å². The summed E-state index contributed by atoms with van der Waals surface area (Å²) >= 11 is 6.75. The average molecular weight is 762 g/mol. The summed E-state index contributed by atoms with van der Waals surface area (Å²) in [6.45, 7) is 5.55. The first kappa shape index (κ1) is 38.9. The van der Waals surface area contributed by atoms with E-state index in [4.69, 9.17) is 35.3 Å². The molecule has 51 heavy (non-hydrogen) atoms. The molecule has 4 bridgehead atoms. The van der Waals surface area contributed by atoms with Crippen LogP contribution < -0.4 is 15.0 Å². The molecule has 7 atom stereocenters. The van der Waals surface area contributed by atoms with E-state index in [0.717, 1.165) is 16.2 Å². The summed E-state index contributed by atoms with van der Waals surface area (Å²) < 4.78 is 29.2. The zero-order valence-electron chi connectivity index (χ0n) is 29.4. The van der Waals surface area contributed by atoms with Crippen LogP contribution in [0.3, 0.4) is 0 Å². The molecule has 5 rings (SSSR count). The standard InChI is InChI=1S/C36H44ClN3O9S2/c1-21-10-9-11-27(46-6)36(44)20-26(47-34(43)39-36)22(2)33-35(3,49-33)28(48-31(42)13-15-50-51-29-12-7-8-14-38-29)19-30(41)40(4)24-17-23(16-21)18-25(45-5)32(24)37/h7-12,14,17-18,22,26-28,33,44H,13,15-16,19-20H2,1-6H3,(H,39,43)/b11-9+,21-10+. The number of nitrogens with zero attached hydrogens (tertiary/aromatic N) is 2. The molecule has 1 aromatic carbocycles. The third-order valence-corrected chi connectivity index (χ3v) is 12.0. The van der Waals surface area contributed by atoms with Crippen LogP contribution in [0.2, 0.25) is 5.02 Å². The van der Waals surface area contributed by atoms with Gasteiger partial charge >= 0.3 is 12.1 Å². The number of carbonyl (C=O) groups excluding carboxylic acids is 3. The van der Waals surface area contributed by atoms with Crippen LogP contribution in [-0.4, -0.2) is 90.8 Å². The van der Waals surface area contributed by atoms with Crippen LogP contribution in [0.1, 0.15) is 45.6 Å². The van der Waals surface area contributed by atoms with Gasteiger partial charge in [0.25, 0.3) is 0 Å². The number of anilines is 1. The van der Waals surface area contributed by atoms with Crippen LogP contribution in [0.5, 0.6) is 5.75 Å². The molecule has 7 unspecified atom stereocenters. The van der Waals surface area contributed by atoms with Gasteiger partial charge in [0, 0.05) is 38.4 Å². The highest BCUT2D eigenvalue weighted by atomic mass is 35.5. The second-order valence-electron chi connectivity index (χ2n) is 13.1. The molecule has 2 amide bonds. The Labute approximate surface area is 311 Å². The number of methoxy groups -OCH3 is 2. The Kier molecular flexibility index (Phi) is 12.7. The zero-order valence-corrected chi connectivity index (χ0v) is 31.8. The first-order valence-corrected chi connectivity index (χ1v) is 19.3. The van der Waals surface area contributed by atoms with Crippen molar-refractivity contribution in [3.63, 3.8) is 0 Å². The number of carbonyl (C=O) groups is 3. The van der Waals surface area contributed by atoms with Gasteiger partial charge < -0.3 is 33.7 Å². The number of aliphatic hydroxyl groups is 1. The maximum absolute atomic E-state index is 14.0. The first-order chi connectivity index (χ1) is 24.3. The predicted molar refractivity (Wildman–Crippen MR) is 196 cm³/mol. The Morgan fingerprint density at radius 3 is 2.75 bits per heavy atom. The highest BCUT2D eigenvalue weighted by Crippen LogP contribution is 2.49. The number of allylic oxidation sites excluding steroid dienone is 3. The van der Waals surface area contributed by atoms with Gasteiger partial charge in [-0.3, -0.25) is 14.9 Å². The summed E-state index contributed by atoms with van der Waals surface area (Å²) in [4.78, 5) is 45.8. The highest BCUT2D eigenvalue weighted by Gasteiger charge is 2.64. The Hall–Kier alpha value is -3.27. The van der Waals surface area contributed by atoms with Gasteiger partial charge in [-0.1, -0.05) is 59.2 Å². The van der Waals surface area contributed by atoms with Crippen LogP contribution in [0, 0.1) is 5.92 Å². The number of pyridine rings is 1. The fourth-order valence-electron chi connectivity index (χ4n) is 6.45. The van der Waals surface area contributed by atoms with Gasteiger partial charge in [-0.05, 0) is 60.9 Å². The van der Waals surface area contributed by atoms with E-state index in [-0.39, 0.29) is 30.2 Å². The van der Waals surface area contributed by atoms with E-state index in [1.807, 2.05) is 50.3 Å². The number of nitrogens with one attached hydrogen (secondary N) is 1. The quantitative estimate of drug-likeness (QED) is 0.143. The summed E-state index contributed by atoms with van der Waals surface area (Å²) in [7, 11) is 7.49. The van der Waals surface area contributed by atoms with Crippen molar-refractivity contribution in [3.05, 3.63) is 70.9 Å². The molecule has 2 fully saturated rings. The molecule has 3 aliphatic rings. The van der Waals surface area contributed by atoms with E-state index in [9.17, 15) is 19.5 Å². The van der Waals surface area contributed by atoms with E-state index < -0.39 is 53.7 Å². The fourth-order valence-corrected chi connectivity index (χ4v) is 8.61. The van der Waals surface area contributed by atoms with E-state index in [2.05, 4.69) is 10.3 Å². The second kappa shape index (κ2) is 16.6. The summed E-state index contributed by atoms with van der Waals surface area (Å²) in [5, 5.41) is 15.3. The number of hydrogen-bond acceptors (Lipinski definition) is 12. The van der Waals surface area contributed by atoms with Crippen molar-refractivity contribution in [2.45, 2.75) is 87.2 Å². The molecule has 3 aliphatic heterocycles. The molecular weight excluding hydrogens is 718 g/mol. The number of fused-ring (bicyclic) bond motifs is 5. The first-order valence-electron chi connectivity index (χ1n) is 16.6. The van der Waals surface area contributed by atoms with Crippen molar-refractivity contribution >= 4 is 56.8 Å². The normalized spacial score (nSPS) is 31.3. The van der Waals surface area contributed by atoms with Crippen molar-refractivity contribution in [3.8, 4) is 5.75 Å². The van der Waals surface area contributed by atoms with Crippen molar-refractivity contribution in [2.24, 2.45) is 5.92 Å². The third kappa shape index (κ3) is 9.21. The smallest absolute Gasteiger partial charge is 0.409 e. The van der Waals surface area contributed by atoms with Gasteiger partial charge in [0.1, 0.15) is 39.7 Å². The number of amides is 2. The average Bonchev–Trinajstić information content (AvgIpc) is 3.80. The maximum atomic E-state index is 14.0. The number of halogens is 1. The van der Waals surface area contributed by atoms with Crippen molar-refractivity contribution < 1.29 is 43.2 Å². The Morgan fingerprint density at radius 1 is 1.25 bits per heavy atom.